The third-order valence-electron chi connectivity index (χ3n) is 5.06. The molecule has 5 rings (SSSR count). The highest BCUT2D eigenvalue weighted by molar-refractivity contribution is 6.30. The van der Waals surface area contributed by atoms with Crippen LogP contribution in [0, 0.1) is 0 Å². The summed E-state index contributed by atoms with van der Waals surface area (Å²) >= 11 is 6.03. The number of aromatic nitrogens is 3. The molecule has 8 nitrogen and oxygen atoms in total. The Morgan fingerprint density at radius 1 is 1.09 bits per heavy atom. The summed E-state index contributed by atoms with van der Waals surface area (Å²) in [6.07, 6.45) is 3.82. The van der Waals surface area contributed by atoms with E-state index in [1.54, 1.807) is 49.6 Å². The molecule has 1 N–H and O–H groups in total. The van der Waals surface area contributed by atoms with E-state index in [9.17, 15) is 4.79 Å². The zero-order chi connectivity index (χ0) is 23.5. The van der Waals surface area contributed by atoms with E-state index in [0.717, 1.165) is 16.9 Å². The molecule has 0 unspecified atom stereocenters. The first kappa shape index (κ1) is 21.5. The number of nitrogens with zero attached hydrogens (tertiary/aromatic N) is 3. The molecule has 5 aromatic rings. The number of rotatable bonds is 7. The van der Waals surface area contributed by atoms with Gasteiger partial charge in [-0.25, -0.2) is 4.98 Å². The maximum Gasteiger partial charge on any atom is 0.277 e. The summed E-state index contributed by atoms with van der Waals surface area (Å²) in [5.41, 5.74) is 2.98. The molecule has 0 aliphatic rings. The van der Waals surface area contributed by atoms with Gasteiger partial charge in [-0.1, -0.05) is 35.0 Å². The molecule has 2 aromatic carbocycles. The van der Waals surface area contributed by atoms with Crippen LogP contribution in [0.1, 0.15) is 16.2 Å². The van der Waals surface area contributed by atoms with Crippen LogP contribution >= 0.6 is 11.6 Å². The molecule has 0 aliphatic carbocycles. The van der Waals surface area contributed by atoms with Crippen molar-refractivity contribution >= 4 is 28.8 Å². The van der Waals surface area contributed by atoms with Crippen LogP contribution in [0.25, 0.3) is 17.0 Å². The predicted molar refractivity (Wildman–Crippen MR) is 127 cm³/mol. The second-order valence-corrected chi connectivity index (χ2v) is 7.83. The van der Waals surface area contributed by atoms with Gasteiger partial charge in [0.1, 0.15) is 12.3 Å². The van der Waals surface area contributed by atoms with Crippen LogP contribution in [0.2, 0.25) is 5.02 Å². The molecule has 0 saturated heterocycles. The largest absolute Gasteiger partial charge is 0.493 e. The van der Waals surface area contributed by atoms with Gasteiger partial charge in [-0.2, -0.15) is 0 Å². The number of imidazole rings is 1. The molecule has 0 aliphatic heterocycles. The summed E-state index contributed by atoms with van der Waals surface area (Å²) in [5, 5.41) is 7.24. The topological polar surface area (TPSA) is 90.9 Å². The lowest BCUT2D eigenvalue weighted by molar-refractivity contribution is 0.101. The zero-order valence-corrected chi connectivity index (χ0v) is 18.8. The Hall–Kier alpha value is -4.30. The average Bonchev–Trinajstić information content (AvgIpc) is 3.50. The highest BCUT2D eigenvalue weighted by atomic mass is 35.5. The van der Waals surface area contributed by atoms with Crippen LogP contribution in [0.5, 0.6) is 11.5 Å². The van der Waals surface area contributed by atoms with Crippen LogP contribution in [-0.4, -0.2) is 27.6 Å². The Balaban J connectivity index is 1.30. The number of benzene rings is 2. The van der Waals surface area contributed by atoms with Crippen LogP contribution in [0.15, 0.2) is 83.6 Å². The van der Waals surface area contributed by atoms with Crippen LogP contribution in [0.4, 0.5) is 5.69 Å². The summed E-state index contributed by atoms with van der Waals surface area (Å²) < 4.78 is 18.6. The fraction of sp³-hybridized carbons (Fsp3) is 0.0800. The zero-order valence-electron chi connectivity index (χ0n) is 18.1. The third-order valence-corrected chi connectivity index (χ3v) is 5.30. The van der Waals surface area contributed by atoms with E-state index < -0.39 is 5.91 Å². The molecule has 1 amide bonds. The first-order valence-corrected chi connectivity index (χ1v) is 10.7. The van der Waals surface area contributed by atoms with Crippen molar-refractivity contribution in [2.24, 2.45) is 0 Å². The van der Waals surface area contributed by atoms with Gasteiger partial charge in [-0.15, -0.1) is 0 Å². The summed E-state index contributed by atoms with van der Waals surface area (Å²) in [7, 11) is 1.55. The second kappa shape index (κ2) is 9.29. The van der Waals surface area contributed by atoms with E-state index in [1.807, 2.05) is 41.1 Å². The Morgan fingerprint density at radius 3 is 2.82 bits per heavy atom. The molecule has 0 saturated carbocycles. The molecule has 0 atom stereocenters. The van der Waals surface area contributed by atoms with Gasteiger partial charge in [-0.3, -0.25) is 4.79 Å². The van der Waals surface area contributed by atoms with E-state index >= 15 is 0 Å². The Morgan fingerprint density at radius 2 is 2.00 bits per heavy atom. The number of methoxy groups -OCH3 is 1. The number of carbonyl (C=O) groups is 1. The first-order valence-electron chi connectivity index (χ1n) is 10.4. The minimum absolute atomic E-state index is 0.137. The quantitative estimate of drug-likeness (QED) is 0.336. The Kier molecular flexibility index (Phi) is 5.88. The second-order valence-electron chi connectivity index (χ2n) is 7.39. The maximum absolute atomic E-state index is 12.7. The molecule has 3 aromatic heterocycles. The summed E-state index contributed by atoms with van der Waals surface area (Å²) in [6.45, 7) is 0.238. The van der Waals surface area contributed by atoms with Gasteiger partial charge in [0.25, 0.3) is 5.91 Å². The number of halogens is 1. The monoisotopic (exact) mass is 474 g/mol. The van der Waals surface area contributed by atoms with Gasteiger partial charge >= 0.3 is 0 Å². The van der Waals surface area contributed by atoms with E-state index in [4.69, 9.17) is 25.6 Å². The number of hydrogen-bond acceptors (Lipinski definition) is 6. The van der Waals surface area contributed by atoms with Crippen LogP contribution in [-0.2, 0) is 6.61 Å². The predicted octanol–water partition coefficient (Wildman–Crippen LogP) is 5.48. The molecule has 170 valence electrons. The molecule has 0 radical (unpaired) electrons. The lowest BCUT2D eigenvalue weighted by Crippen LogP contribution is -2.12. The number of ether oxygens (including phenoxy) is 2. The third kappa shape index (κ3) is 4.57. The standard InChI is InChI=1S/C25H19ClN4O4/c1-32-21-9-8-18(12-23(21)33-15-19-14-30-10-3-2-7-24(30)27-19)28-25(31)20-13-22(34-29-20)16-5-4-6-17(26)11-16/h2-14H,15H2,1H3,(H,28,31). The molecule has 0 spiro atoms. The van der Waals surface area contributed by atoms with Gasteiger partial charge in [0, 0.05) is 40.8 Å². The molecule has 34 heavy (non-hydrogen) atoms. The van der Waals surface area contributed by atoms with Crippen molar-refractivity contribution in [1.29, 1.82) is 0 Å². The number of anilines is 1. The SMILES string of the molecule is COc1ccc(NC(=O)c2cc(-c3cccc(Cl)c3)on2)cc1OCc1cn2ccccc2n1. The lowest BCUT2D eigenvalue weighted by atomic mass is 10.1. The average molecular weight is 475 g/mol. The van der Waals surface area contributed by atoms with E-state index in [1.165, 1.54) is 0 Å². The van der Waals surface area contributed by atoms with Gasteiger partial charge in [0.15, 0.2) is 23.0 Å². The maximum atomic E-state index is 12.7. The number of pyridine rings is 1. The van der Waals surface area contributed by atoms with Gasteiger partial charge < -0.3 is 23.7 Å². The van der Waals surface area contributed by atoms with Crippen molar-refractivity contribution in [3.05, 3.63) is 95.5 Å². The van der Waals surface area contributed by atoms with Crippen molar-refractivity contribution in [3.8, 4) is 22.8 Å². The van der Waals surface area contributed by atoms with E-state index in [2.05, 4.69) is 15.5 Å². The fourth-order valence-corrected chi connectivity index (χ4v) is 3.62. The van der Waals surface area contributed by atoms with Crippen molar-refractivity contribution < 1.29 is 18.8 Å². The fourth-order valence-electron chi connectivity index (χ4n) is 3.43. The van der Waals surface area contributed by atoms with E-state index in [0.29, 0.717) is 28.0 Å². The van der Waals surface area contributed by atoms with Gasteiger partial charge in [-0.05, 0) is 36.4 Å². The van der Waals surface area contributed by atoms with Gasteiger partial charge in [0.05, 0.1) is 12.8 Å². The number of nitrogens with one attached hydrogen (secondary N) is 1. The minimum atomic E-state index is -0.423. The Labute approximate surface area is 199 Å². The van der Waals surface area contributed by atoms with Crippen molar-refractivity contribution in [1.82, 2.24) is 14.5 Å². The molecular formula is C25H19ClN4O4. The van der Waals surface area contributed by atoms with Crippen molar-refractivity contribution in [3.63, 3.8) is 0 Å². The number of carbonyl (C=O) groups excluding carboxylic acids is 1. The smallest absolute Gasteiger partial charge is 0.277 e. The Bertz CT molecular complexity index is 1440. The molecule has 0 bridgehead atoms. The minimum Gasteiger partial charge on any atom is -0.493 e. The summed E-state index contributed by atoms with van der Waals surface area (Å²) in [5.74, 6) is 1.02. The highest BCUT2D eigenvalue weighted by Gasteiger charge is 2.16. The van der Waals surface area contributed by atoms with E-state index in [-0.39, 0.29) is 12.3 Å². The number of hydrogen-bond donors (Lipinski definition) is 1. The highest BCUT2D eigenvalue weighted by Crippen LogP contribution is 2.31. The molecule has 0 fully saturated rings. The van der Waals surface area contributed by atoms with Crippen LogP contribution < -0.4 is 14.8 Å². The first-order chi connectivity index (χ1) is 16.6. The molecule has 3 heterocycles. The van der Waals surface area contributed by atoms with Crippen molar-refractivity contribution in [2.45, 2.75) is 6.61 Å². The lowest BCUT2D eigenvalue weighted by Gasteiger charge is -2.12. The normalized spacial score (nSPS) is 10.9. The number of fused-ring (bicyclic) bond motifs is 1. The van der Waals surface area contributed by atoms with Crippen LogP contribution in [0.3, 0.4) is 0 Å². The van der Waals surface area contributed by atoms with Gasteiger partial charge in [0.2, 0.25) is 0 Å². The summed E-state index contributed by atoms with van der Waals surface area (Å²) in [6, 6.07) is 19.6. The molecular weight excluding hydrogens is 456 g/mol. The summed E-state index contributed by atoms with van der Waals surface area (Å²) in [4.78, 5) is 17.3. The van der Waals surface area contributed by atoms with Crippen molar-refractivity contribution in [2.75, 3.05) is 12.4 Å². The molecule has 9 heteroatoms. The number of amides is 1.